The highest BCUT2D eigenvalue weighted by Crippen LogP contribution is 2.34. The monoisotopic (exact) mass is 249 g/mol. The summed E-state index contributed by atoms with van der Waals surface area (Å²) >= 11 is 0. The number of nitrogens with one attached hydrogen (secondary N) is 1. The Bertz CT molecular complexity index is 373. The molecule has 1 fully saturated rings. The minimum atomic E-state index is 0.198. The third kappa shape index (κ3) is 3.03. The fraction of sp³-hybridized carbons (Fsp3) is 0.600. The number of benzene rings is 1. The summed E-state index contributed by atoms with van der Waals surface area (Å²) in [6, 6.07) is 8.61. The van der Waals surface area contributed by atoms with E-state index < -0.39 is 0 Å². The maximum absolute atomic E-state index is 5.91. The molecule has 1 aromatic carbocycles. The molecule has 0 saturated carbocycles. The molecule has 0 amide bonds. The normalized spacial score (nSPS) is 21.2. The Hall–Kier alpha value is -1.06. The molecular formula is C15H23NO2. The van der Waals surface area contributed by atoms with E-state index in [1.54, 1.807) is 0 Å². The van der Waals surface area contributed by atoms with Gasteiger partial charge in [-0.05, 0) is 33.4 Å². The third-order valence-electron chi connectivity index (χ3n) is 3.36. The average molecular weight is 249 g/mol. The van der Waals surface area contributed by atoms with Gasteiger partial charge in [0.1, 0.15) is 5.75 Å². The van der Waals surface area contributed by atoms with Gasteiger partial charge in [-0.25, -0.2) is 0 Å². The molecule has 2 atom stereocenters. The lowest BCUT2D eigenvalue weighted by atomic mass is 9.92. The Morgan fingerprint density at radius 1 is 1.33 bits per heavy atom. The molecule has 1 saturated heterocycles. The first kappa shape index (κ1) is 13.4. The highest BCUT2D eigenvalue weighted by atomic mass is 16.5. The lowest BCUT2D eigenvalue weighted by Crippen LogP contribution is -2.26. The van der Waals surface area contributed by atoms with Gasteiger partial charge in [-0.2, -0.15) is 0 Å². The quantitative estimate of drug-likeness (QED) is 0.870. The van der Waals surface area contributed by atoms with Crippen LogP contribution in [0.2, 0.25) is 0 Å². The molecule has 1 aromatic rings. The van der Waals surface area contributed by atoms with Crippen LogP contribution in [0.15, 0.2) is 24.3 Å². The van der Waals surface area contributed by atoms with Crippen molar-refractivity contribution in [3.63, 3.8) is 0 Å². The van der Waals surface area contributed by atoms with Gasteiger partial charge in [-0.1, -0.05) is 18.2 Å². The van der Waals surface area contributed by atoms with Gasteiger partial charge in [-0.15, -0.1) is 0 Å². The average Bonchev–Trinajstić information content (AvgIpc) is 2.85. The third-order valence-corrected chi connectivity index (χ3v) is 3.36. The molecule has 1 heterocycles. The topological polar surface area (TPSA) is 30.5 Å². The molecule has 100 valence electrons. The zero-order valence-electron chi connectivity index (χ0n) is 11.5. The maximum Gasteiger partial charge on any atom is 0.124 e. The molecule has 2 unspecified atom stereocenters. The standard InChI is InChI=1S/C15H23NO2/c1-11(2)18-14-7-5-4-6-13(14)15(16-3)12-8-9-17-10-12/h4-7,11-12,15-16H,8-10H2,1-3H3. The second-order valence-corrected chi connectivity index (χ2v) is 5.09. The smallest absolute Gasteiger partial charge is 0.124 e. The molecule has 2 rings (SSSR count). The number of para-hydroxylation sites is 1. The van der Waals surface area contributed by atoms with Crippen LogP contribution in [0.25, 0.3) is 0 Å². The van der Waals surface area contributed by atoms with Gasteiger partial charge in [0.25, 0.3) is 0 Å². The zero-order chi connectivity index (χ0) is 13.0. The molecule has 0 bridgehead atoms. The Morgan fingerprint density at radius 3 is 2.72 bits per heavy atom. The van der Waals surface area contributed by atoms with Crippen LogP contribution in [0, 0.1) is 5.92 Å². The number of ether oxygens (including phenoxy) is 2. The van der Waals surface area contributed by atoms with Crippen LogP contribution in [0.3, 0.4) is 0 Å². The van der Waals surface area contributed by atoms with E-state index in [1.165, 1.54) is 5.56 Å². The summed E-state index contributed by atoms with van der Waals surface area (Å²) < 4.78 is 11.4. The first-order chi connectivity index (χ1) is 8.72. The van der Waals surface area contributed by atoms with Gasteiger partial charge >= 0.3 is 0 Å². The second-order valence-electron chi connectivity index (χ2n) is 5.09. The van der Waals surface area contributed by atoms with Crippen molar-refractivity contribution in [3.8, 4) is 5.75 Å². The van der Waals surface area contributed by atoms with Crippen molar-refractivity contribution < 1.29 is 9.47 Å². The summed E-state index contributed by atoms with van der Waals surface area (Å²) in [4.78, 5) is 0. The van der Waals surface area contributed by atoms with Gasteiger partial charge in [0, 0.05) is 24.1 Å². The fourth-order valence-electron chi connectivity index (χ4n) is 2.56. The molecule has 0 spiro atoms. The van der Waals surface area contributed by atoms with Gasteiger partial charge in [-0.3, -0.25) is 0 Å². The molecule has 1 aliphatic heterocycles. The zero-order valence-corrected chi connectivity index (χ0v) is 11.5. The van der Waals surface area contributed by atoms with Crippen LogP contribution >= 0.6 is 0 Å². The highest BCUT2D eigenvalue weighted by Gasteiger charge is 2.27. The van der Waals surface area contributed by atoms with Crippen LogP contribution in [-0.4, -0.2) is 26.4 Å². The van der Waals surface area contributed by atoms with Crippen molar-refractivity contribution in [3.05, 3.63) is 29.8 Å². The summed E-state index contributed by atoms with van der Waals surface area (Å²) in [7, 11) is 2.01. The van der Waals surface area contributed by atoms with E-state index in [2.05, 4.69) is 37.4 Å². The Kier molecular flexibility index (Phi) is 4.61. The van der Waals surface area contributed by atoms with Crippen LogP contribution in [0.1, 0.15) is 31.9 Å². The number of hydrogen-bond acceptors (Lipinski definition) is 3. The van der Waals surface area contributed by atoms with Crippen LogP contribution in [0.4, 0.5) is 0 Å². The summed E-state index contributed by atoms with van der Waals surface area (Å²) in [6.45, 7) is 5.82. The van der Waals surface area contributed by atoms with Crippen molar-refractivity contribution in [2.45, 2.75) is 32.4 Å². The Balaban J connectivity index is 2.23. The molecule has 1 N–H and O–H groups in total. The largest absolute Gasteiger partial charge is 0.491 e. The van der Waals surface area contributed by atoms with E-state index in [0.717, 1.165) is 25.4 Å². The van der Waals surface area contributed by atoms with E-state index in [1.807, 2.05) is 13.1 Å². The van der Waals surface area contributed by atoms with Crippen LogP contribution in [0.5, 0.6) is 5.75 Å². The summed E-state index contributed by atoms with van der Waals surface area (Å²) in [6.07, 6.45) is 1.31. The van der Waals surface area contributed by atoms with E-state index in [9.17, 15) is 0 Å². The minimum Gasteiger partial charge on any atom is -0.491 e. The van der Waals surface area contributed by atoms with Crippen LogP contribution < -0.4 is 10.1 Å². The molecule has 0 aromatic heterocycles. The SMILES string of the molecule is CNC(c1ccccc1OC(C)C)C1CCOC1. The van der Waals surface area contributed by atoms with Gasteiger partial charge in [0.2, 0.25) is 0 Å². The number of hydrogen-bond donors (Lipinski definition) is 1. The first-order valence-electron chi connectivity index (χ1n) is 6.73. The Labute approximate surface area is 109 Å². The van der Waals surface area contributed by atoms with E-state index in [4.69, 9.17) is 9.47 Å². The van der Waals surface area contributed by atoms with Crippen molar-refractivity contribution in [1.29, 1.82) is 0 Å². The first-order valence-corrected chi connectivity index (χ1v) is 6.73. The molecule has 3 nitrogen and oxygen atoms in total. The van der Waals surface area contributed by atoms with Crippen LogP contribution in [-0.2, 0) is 4.74 Å². The van der Waals surface area contributed by atoms with E-state index >= 15 is 0 Å². The summed E-state index contributed by atoms with van der Waals surface area (Å²) in [5.41, 5.74) is 1.24. The lowest BCUT2D eigenvalue weighted by molar-refractivity contribution is 0.176. The van der Waals surface area contributed by atoms with Crippen molar-refractivity contribution in [2.24, 2.45) is 5.92 Å². The Morgan fingerprint density at radius 2 is 2.11 bits per heavy atom. The van der Waals surface area contributed by atoms with Crippen molar-refractivity contribution in [1.82, 2.24) is 5.32 Å². The van der Waals surface area contributed by atoms with Gasteiger partial charge < -0.3 is 14.8 Å². The van der Waals surface area contributed by atoms with Crippen molar-refractivity contribution in [2.75, 3.05) is 20.3 Å². The number of rotatable bonds is 5. The summed E-state index contributed by atoms with van der Waals surface area (Å²) in [5.74, 6) is 1.52. The molecule has 3 heteroatoms. The summed E-state index contributed by atoms with van der Waals surface area (Å²) in [5, 5.41) is 3.41. The van der Waals surface area contributed by atoms with Gasteiger partial charge in [0.15, 0.2) is 0 Å². The fourth-order valence-corrected chi connectivity index (χ4v) is 2.56. The van der Waals surface area contributed by atoms with E-state index in [-0.39, 0.29) is 6.10 Å². The van der Waals surface area contributed by atoms with Gasteiger partial charge in [0.05, 0.1) is 12.7 Å². The predicted molar refractivity (Wildman–Crippen MR) is 72.9 cm³/mol. The minimum absolute atomic E-state index is 0.198. The predicted octanol–water partition coefficient (Wildman–Crippen LogP) is 2.77. The van der Waals surface area contributed by atoms with E-state index in [0.29, 0.717) is 12.0 Å². The second kappa shape index (κ2) is 6.21. The van der Waals surface area contributed by atoms with Crippen molar-refractivity contribution >= 4 is 0 Å². The highest BCUT2D eigenvalue weighted by molar-refractivity contribution is 5.36. The molecule has 18 heavy (non-hydrogen) atoms. The molecule has 0 aliphatic carbocycles. The lowest BCUT2D eigenvalue weighted by Gasteiger charge is -2.25. The molecule has 0 radical (unpaired) electrons. The molecular weight excluding hydrogens is 226 g/mol. The maximum atomic E-state index is 5.91. The molecule has 1 aliphatic rings.